The van der Waals surface area contributed by atoms with Crippen molar-refractivity contribution in [2.24, 2.45) is 0 Å². The summed E-state index contributed by atoms with van der Waals surface area (Å²) in [5, 5.41) is 10.5. The lowest BCUT2D eigenvalue weighted by atomic mass is 10.0. The van der Waals surface area contributed by atoms with Crippen LogP contribution in [0.15, 0.2) is 54.7 Å². The van der Waals surface area contributed by atoms with Gasteiger partial charge in [-0.1, -0.05) is 49.4 Å². The Hall–Kier alpha value is -2.13. The summed E-state index contributed by atoms with van der Waals surface area (Å²) in [6.45, 7) is 4.72. The summed E-state index contributed by atoms with van der Waals surface area (Å²) in [6, 6.07) is 17.0. The van der Waals surface area contributed by atoms with E-state index in [1.54, 1.807) is 0 Å². The van der Waals surface area contributed by atoms with Crippen molar-refractivity contribution in [1.82, 2.24) is 15.1 Å². The smallest absolute Gasteiger partial charge is 0.0762 e. The summed E-state index contributed by atoms with van der Waals surface area (Å²) in [4.78, 5) is 0. The molecule has 0 bridgehead atoms. The first-order chi connectivity index (χ1) is 9.86. The summed E-state index contributed by atoms with van der Waals surface area (Å²) in [5.41, 5.74) is 2.40. The van der Waals surface area contributed by atoms with E-state index in [1.807, 2.05) is 4.68 Å². The van der Waals surface area contributed by atoms with E-state index in [-0.39, 0.29) is 0 Å². The van der Waals surface area contributed by atoms with Crippen LogP contribution in [-0.2, 0) is 13.1 Å². The first-order valence-corrected chi connectivity index (χ1v) is 7.06. The molecule has 0 atom stereocenters. The van der Waals surface area contributed by atoms with Gasteiger partial charge in [0.25, 0.3) is 0 Å². The molecule has 0 unspecified atom stereocenters. The SMILES string of the molecule is CCNCc1ccn(Cc2cccc3ccccc23)n1. The van der Waals surface area contributed by atoms with Gasteiger partial charge in [-0.3, -0.25) is 4.68 Å². The van der Waals surface area contributed by atoms with Gasteiger partial charge in [-0.25, -0.2) is 0 Å². The largest absolute Gasteiger partial charge is 0.311 e. The zero-order valence-electron chi connectivity index (χ0n) is 11.7. The Balaban J connectivity index is 1.84. The minimum absolute atomic E-state index is 0.813. The van der Waals surface area contributed by atoms with Crippen LogP contribution < -0.4 is 5.32 Å². The van der Waals surface area contributed by atoms with Crippen LogP contribution in [0.3, 0.4) is 0 Å². The molecule has 20 heavy (non-hydrogen) atoms. The monoisotopic (exact) mass is 265 g/mol. The molecule has 0 fully saturated rings. The van der Waals surface area contributed by atoms with Crippen LogP contribution in [-0.4, -0.2) is 16.3 Å². The maximum atomic E-state index is 4.60. The van der Waals surface area contributed by atoms with Gasteiger partial charge >= 0.3 is 0 Å². The third kappa shape index (κ3) is 2.73. The number of hydrogen-bond donors (Lipinski definition) is 1. The van der Waals surface area contributed by atoms with Gasteiger partial charge in [0.2, 0.25) is 0 Å². The van der Waals surface area contributed by atoms with Gasteiger partial charge in [0.15, 0.2) is 0 Å². The molecule has 102 valence electrons. The first kappa shape index (κ1) is 12.9. The fourth-order valence-electron chi connectivity index (χ4n) is 2.44. The summed E-state index contributed by atoms with van der Waals surface area (Å²) >= 11 is 0. The number of hydrogen-bond acceptors (Lipinski definition) is 2. The Morgan fingerprint density at radius 1 is 1.05 bits per heavy atom. The number of nitrogens with zero attached hydrogens (tertiary/aromatic N) is 2. The Labute approximate surface area is 119 Å². The van der Waals surface area contributed by atoms with Crippen LogP contribution in [0.25, 0.3) is 10.8 Å². The van der Waals surface area contributed by atoms with Gasteiger partial charge in [0.05, 0.1) is 12.2 Å². The van der Waals surface area contributed by atoms with Gasteiger partial charge in [-0.05, 0) is 28.9 Å². The number of fused-ring (bicyclic) bond motifs is 1. The quantitative estimate of drug-likeness (QED) is 0.768. The van der Waals surface area contributed by atoms with Crippen molar-refractivity contribution in [2.45, 2.75) is 20.0 Å². The van der Waals surface area contributed by atoms with Crippen LogP contribution in [0, 0.1) is 0 Å². The molecule has 0 saturated heterocycles. The Morgan fingerprint density at radius 2 is 1.90 bits per heavy atom. The third-order valence-corrected chi connectivity index (χ3v) is 3.46. The fraction of sp³-hybridized carbons (Fsp3) is 0.235. The second-order valence-corrected chi connectivity index (χ2v) is 4.92. The topological polar surface area (TPSA) is 29.9 Å². The summed E-state index contributed by atoms with van der Waals surface area (Å²) < 4.78 is 2.01. The van der Waals surface area contributed by atoms with Crippen molar-refractivity contribution in [3.63, 3.8) is 0 Å². The maximum Gasteiger partial charge on any atom is 0.0762 e. The maximum absolute atomic E-state index is 4.60. The molecule has 0 radical (unpaired) electrons. The van der Waals surface area contributed by atoms with E-state index in [4.69, 9.17) is 0 Å². The lowest BCUT2D eigenvalue weighted by Gasteiger charge is -2.06. The van der Waals surface area contributed by atoms with Crippen molar-refractivity contribution in [3.8, 4) is 0 Å². The predicted octanol–water partition coefficient (Wildman–Crippen LogP) is 3.19. The first-order valence-electron chi connectivity index (χ1n) is 7.06. The highest BCUT2D eigenvalue weighted by Gasteiger charge is 2.03. The van der Waals surface area contributed by atoms with E-state index in [2.05, 4.69) is 72.1 Å². The summed E-state index contributed by atoms with van der Waals surface area (Å²) in [5.74, 6) is 0. The molecule has 2 aromatic carbocycles. The lowest BCUT2D eigenvalue weighted by molar-refractivity contribution is 0.646. The van der Waals surface area contributed by atoms with E-state index in [0.717, 1.165) is 25.3 Å². The number of benzene rings is 2. The Morgan fingerprint density at radius 3 is 2.80 bits per heavy atom. The highest BCUT2D eigenvalue weighted by Crippen LogP contribution is 2.19. The summed E-state index contributed by atoms with van der Waals surface area (Å²) in [7, 11) is 0. The normalized spacial score (nSPS) is 11.1. The second-order valence-electron chi connectivity index (χ2n) is 4.92. The fourth-order valence-corrected chi connectivity index (χ4v) is 2.44. The molecule has 0 amide bonds. The number of aromatic nitrogens is 2. The molecule has 0 spiro atoms. The Kier molecular flexibility index (Phi) is 3.79. The van der Waals surface area contributed by atoms with Crippen LogP contribution in [0.2, 0.25) is 0 Å². The molecular formula is C17H19N3. The van der Waals surface area contributed by atoms with E-state index >= 15 is 0 Å². The summed E-state index contributed by atoms with van der Waals surface area (Å²) in [6.07, 6.45) is 2.05. The molecule has 0 aliphatic heterocycles. The van der Waals surface area contributed by atoms with E-state index in [9.17, 15) is 0 Å². The molecule has 3 heteroatoms. The average Bonchev–Trinajstić information content (AvgIpc) is 2.93. The number of nitrogens with one attached hydrogen (secondary N) is 1. The highest BCUT2D eigenvalue weighted by molar-refractivity contribution is 5.85. The zero-order chi connectivity index (χ0) is 13.8. The molecule has 0 aliphatic rings. The zero-order valence-corrected chi connectivity index (χ0v) is 11.7. The van der Waals surface area contributed by atoms with Gasteiger partial charge in [-0.15, -0.1) is 0 Å². The predicted molar refractivity (Wildman–Crippen MR) is 82.7 cm³/mol. The van der Waals surface area contributed by atoms with Crippen LogP contribution in [0.1, 0.15) is 18.2 Å². The molecule has 1 aromatic heterocycles. The van der Waals surface area contributed by atoms with Gasteiger partial charge in [0.1, 0.15) is 0 Å². The van der Waals surface area contributed by atoms with Crippen LogP contribution in [0.5, 0.6) is 0 Å². The van der Waals surface area contributed by atoms with Crippen molar-refractivity contribution in [2.75, 3.05) is 6.54 Å². The second kappa shape index (κ2) is 5.88. The van der Waals surface area contributed by atoms with E-state index in [0.29, 0.717) is 0 Å². The molecule has 3 nitrogen and oxygen atoms in total. The van der Waals surface area contributed by atoms with Crippen molar-refractivity contribution in [3.05, 3.63) is 66.0 Å². The molecule has 1 N–H and O–H groups in total. The molecule has 1 heterocycles. The molecular weight excluding hydrogens is 246 g/mol. The van der Waals surface area contributed by atoms with Gasteiger partial charge in [-0.2, -0.15) is 5.10 Å². The van der Waals surface area contributed by atoms with Crippen LogP contribution >= 0.6 is 0 Å². The lowest BCUT2D eigenvalue weighted by Crippen LogP contribution is -2.12. The molecule has 0 saturated carbocycles. The third-order valence-electron chi connectivity index (χ3n) is 3.46. The number of rotatable bonds is 5. The van der Waals surface area contributed by atoms with Gasteiger partial charge < -0.3 is 5.32 Å². The van der Waals surface area contributed by atoms with E-state index in [1.165, 1.54) is 16.3 Å². The van der Waals surface area contributed by atoms with Crippen LogP contribution in [0.4, 0.5) is 0 Å². The minimum atomic E-state index is 0.813. The standard InChI is InChI=1S/C17H19N3/c1-2-18-12-16-10-11-20(19-16)13-15-8-5-7-14-6-3-4-9-17(14)15/h3-11,18H,2,12-13H2,1H3. The average molecular weight is 265 g/mol. The van der Waals surface area contributed by atoms with Crippen molar-refractivity contribution >= 4 is 10.8 Å². The van der Waals surface area contributed by atoms with Crippen molar-refractivity contribution in [1.29, 1.82) is 0 Å². The highest BCUT2D eigenvalue weighted by atomic mass is 15.3. The Bertz CT molecular complexity index is 695. The van der Waals surface area contributed by atoms with E-state index < -0.39 is 0 Å². The molecule has 3 rings (SSSR count). The molecule has 3 aromatic rings. The molecule has 0 aliphatic carbocycles. The minimum Gasteiger partial charge on any atom is -0.311 e. The van der Waals surface area contributed by atoms with Gasteiger partial charge in [0, 0.05) is 12.7 Å². The van der Waals surface area contributed by atoms with Crippen molar-refractivity contribution < 1.29 is 0 Å².